The van der Waals surface area contributed by atoms with E-state index in [-0.39, 0.29) is 17.8 Å². The van der Waals surface area contributed by atoms with Gasteiger partial charge >= 0.3 is 0 Å². The van der Waals surface area contributed by atoms with Crippen molar-refractivity contribution in [3.05, 3.63) is 107 Å². The lowest BCUT2D eigenvalue weighted by atomic mass is 9.97. The summed E-state index contributed by atoms with van der Waals surface area (Å²) < 4.78 is 0. The van der Waals surface area contributed by atoms with Gasteiger partial charge in [0.15, 0.2) is 0 Å². The number of fused-ring (bicyclic) bond motifs is 1. The first-order valence-electron chi connectivity index (χ1n) is 14.1. The number of phenols is 1. The summed E-state index contributed by atoms with van der Waals surface area (Å²) in [4.78, 5) is 11.7. The first-order valence-corrected chi connectivity index (χ1v) is 14.1. The lowest BCUT2D eigenvalue weighted by Crippen LogP contribution is -2.44. The van der Waals surface area contributed by atoms with Crippen molar-refractivity contribution in [2.24, 2.45) is 0 Å². The number of benzene rings is 2. The highest BCUT2D eigenvalue weighted by Gasteiger charge is 2.30. The van der Waals surface area contributed by atoms with Crippen LogP contribution in [0.15, 0.2) is 84.7 Å². The maximum atomic E-state index is 9.60. The average molecular weight is 526 g/mol. The summed E-state index contributed by atoms with van der Waals surface area (Å²) in [5.74, 6) is 0.815. The van der Waals surface area contributed by atoms with Crippen LogP contribution in [0.5, 0.6) is 5.75 Å². The van der Waals surface area contributed by atoms with E-state index in [1.54, 1.807) is 18.3 Å². The molecule has 0 fully saturated rings. The Morgan fingerprint density at radius 1 is 1.03 bits per heavy atom. The summed E-state index contributed by atoms with van der Waals surface area (Å²) in [6.07, 6.45) is 9.54. The fourth-order valence-electron chi connectivity index (χ4n) is 4.54. The molecule has 0 saturated carbocycles. The lowest BCUT2D eigenvalue weighted by Gasteiger charge is -2.39. The van der Waals surface area contributed by atoms with Crippen LogP contribution in [0, 0.1) is 6.92 Å². The second-order valence-electron chi connectivity index (χ2n) is 9.08. The fraction of sp³-hybridized carbons (Fsp3) is 0.333. The van der Waals surface area contributed by atoms with Crippen molar-refractivity contribution in [2.45, 2.75) is 67.0 Å². The van der Waals surface area contributed by atoms with Crippen molar-refractivity contribution in [1.82, 2.24) is 20.2 Å². The summed E-state index contributed by atoms with van der Waals surface area (Å²) in [6.45, 7) is 15.2. The monoisotopic (exact) mass is 525 g/mol. The van der Waals surface area contributed by atoms with Crippen molar-refractivity contribution in [3.63, 3.8) is 0 Å². The van der Waals surface area contributed by atoms with Crippen LogP contribution in [0.3, 0.4) is 0 Å². The Kier molecular flexibility index (Phi) is 10.7. The highest BCUT2D eigenvalue weighted by molar-refractivity contribution is 5.90. The number of aromatic hydroxyl groups is 1. The van der Waals surface area contributed by atoms with E-state index in [9.17, 15) is 5.11 Å². The molecule has 0 radical (unpaired) electrons. The normalized spacial score (nSPS) is 16.4. The van der Waals surface area contributed by atoms with Crippen molar-refractivity contribution in [2.75, 3.05) is 11.9 Å². The van der Waals surface area contributed by atoms with E-state index in [0.29, 0.717) is 5.95 Å². The molecular formula is C33H43N5O. The molecule has 0 aliphatic carbocycles. The minimum atomic E-state index is -0.0152. The number of allylic oxidation sites excluding steroid dienone is 2. The standard InChI is InChI=1S/C29H31N5O.2C2H6/c1-4-21-14-16-34-24(17-21)18-31-27(23-7-5-19(2)6-8-23)28(34)26-13-15-30-29(33-26)32-20(3)22-9-11-25(35)12-10-22;2*1-2/h5-17,20,24,31,35H,4,18H2,1-3H3,(H,30,32,33);2*1-2H3. The number of nitrogens with one attached hydrogen (secondary N) is 2. The van der Waals surface area contributed by atoms with E-state index >= 15 is 0 Å². The summed E-state index contributed by atoms with van der Waals surface area (Å²) in [5.41, 5.74) is 7.71. The van der Waals surface area contributed by atoms with Gasteiger partial charge in [0.25, 0.3) is 0 Å². The molecule has 0 amide bonds. The lowest BCUT2D eigenvalue weighted by molar-refractivity contribution is 0.412. The van der Waals surface area contributed by atoms with Crippen LogP contribution < -0.4 is 10.6 Å². The third kappa shape index (κ3) is 7.08. The molecule has 2 aromatic carbocycles. The van der Waals surface area contributed by atoms with Crippen LogP contribution in [0.4, 0.5) is 5.95 Å². The molecule has 3 N–H and O–H groups in total. The molecular weight excluding hydrogens is 482 g/mol. The quantitative estimate of drug-likeness (QED) is 0.306. The summed E-state index contributed by atoms with van der Waals surface area (Å²) in [5, 5.41) is 16.7. The summed E-state index contributed by atoms with van der Waals surface area (Å²) in [6, 6.07) is 18.0. The van der Waals surface area contributed by atoms with E-state index in [0.717, 1.165) is 41.2 Å². The molecule has 0 saturated heterocycles. The Balaban J connectivity index is 0.00000100. The third-order valence-corrected chi connectivity index (χ3v) is 6.58. The first-order chi connectivity index (χ1) is 19.0. The van der Waals surface area contributed by atoms with Gasteiger partial charge in [0.2, 0.25) is 5.95 Å². The number of aromatic nitrogens is 2. The molecule has 206 valence electrons. The molecule has 0 bridgehead atoms. The SMILES string of the molecule is CC.CC.CCC1=CC2CNC(c3ccc(C)cc3)=C(c3ccnc(NC(C)c4ccc(O)cc4)n3)N2C=C1. The summed E-state index contributed by atoms with van der Waals surface area (Å²) >= 11 is 0. The van der Waals surface area contributed by atoms with Crippen LogP contribution in [-0.2, 0) is 0 Å². The number of aryl methyl sites for hydroxylation is 1. The zero-order chi connectivity index (χ0) is 28.4. The Labute approximate surface area is 234 Å². The molecule has 2 aliphatic rings. The predicted octanol–water partition coefficient (Wildman–Crippen LogP) is 7.68. The van der Waals surface area contributed by atoms with Crippen molar-refractivity contribution < 1.29 is 5.11 Å². The van der Waals surface area contributed by atoms with Gasteiger partial charge in [-0.05, 0) is 61.2 Å². The number of hydrogen-bond acceptors (Lipinski definition) is 6. The zero-order valence-electron chi connectivity index (χ0n) is 24.4. The molecule has 2 unspecified atom stereocenters. The molecule has 39 heavy (non-hydrogen) atoms. The van der Waals surface area contributed by atoms with Crippen LogP contribution in [0.1, 0.15) is 76.4 Å². The maximum Gasteiger partial charge on any atom is 0.223 e. The topological polar surface area (TPSA) is 73.3 Å². The predicted molar refractivity (Wildman–Crippen MR) is 164 cm³/mol. The van der Waals surface area contributed by atoms with Gasteiger partial charge in [-0.1, -0.05) is 82.7 Å². The van der Waals surface area contributed by atoms with Gasteiger partial charge in [-0.3, -0.25) is 0 Å². The van der Waals surface area contributed by atoms with Crippen molar-refractivity contribution in [1.29, 1.82) is 0 Å². The minimum absolute atomic E-state index is 0.0152. The van der Waals surface area contributed by atoms with Crippen molar-refractivity contribution in [3.8, 4) is 5.75 Å². The van der Waals surface area contributed by atoms with E-state index < -0.39 is 0 Å². The number of anilines is 1. The molecule has 3 heterocycles. The molecule has 3 aromatic rings. The average Bonchev–Trinajstić information content (AvgIpc) is 2.99. The molecule has 6 nitrogen and oxygen atoms in total. The van der Waals surface area contributed by atoms with Gasteiger partial charge < -0.3 is 20.6 Å². The molecule has 0 spiro atoms. The van der Waals surface area contributed by atoms with Gasteiger partial charge in [0.05, 0.1) is 29.2 Å². The fourth-order valence-corrected chi connectivity index (χ4v) is 4.54. The molecule has 5 rings (SSSR count). The van der Waals surface area contributed by atoms with Gasteiger partial charge in [-0.25, -0.2) is 9.97 Å². The Bertz CT molecular complexity index is 1290. The molecule has 2 aliphatic heterocycles. The molecule has 6 heteroatoms. The van der Waals surface area contributed by atoms with E-state index in [2.05, 4.69) is 83.9 Å². The van der Waals surface area contributed by atoms with Gasteiger partial charge in [-0.2, -0.15) is 0 Å². The smallest absolute Gasteiger partial charge is 0.223 e. The highest BCUT2D eigenvalue weighted by Crippen LogP contribution is 2.35. The minimum Gasteiger partial charge on any atom is -0.508 e. The first kappa shape index (κ1) is 29.5. The Hall–Kier alpha value is -4.06. The van der Waals surface area contributed by atoms with Gasteiger partial charge in [0, 0.05) is 18.9 Å². The van der Waals surface area contributed by atoms with Gasteiger partial charge in [0.1, 0.15) is 5.75 Å². The van der Waals surface area contributed by atoms with E-state index in [1.807, 2.05) is 45.9 Å². The third-order valence-electron chi connectivity index (χ3n) is 6.58. The molecule has 2 atom stereocenters. The van der Waals surface area contributed by atoms with Gasteiger partial charge in [-0.15, -0.1) is 0 Å². The summed E-state index contributed by atoms with van der Waals surface area (Å²) in [7, 11) is 0. The van der Waals surface area contributed by atoms with E-state index in [4.69, 9.17) is 4.98 Å². The molecule has 1 aromatic heterocycles. The van der Waals surface area contributed by atoms with Crippen LogP contribution in [0.2, 0.25) is 0 Å². The maximum absolute atomic E-state index is 9.60. The Morgan fingerprint density at radius 3 is 2.38 bits per heavy atom. The van der Waals surface area contributed by atoms with E-state index in [1.165, 1.54) is 11.1 Å². The Morgan fingerprint density at radius 2 is 1.72 bits per heavy atom. The van der Waals surface area contributed by atoms with Crippen molar-refractivity contribution >= 4 is 17.3 Å². The number of phenolic OH excluding ortho intramolecular Hbond substituents is 1. The van der Waals surface area contributed by atoms with Crippen LogP contribution >= 0.6 is 0 Å². The highest BCUT2D eigenvalue weighted by atomic mass is 16.3. The second kappa shape index (κ2) is 14.2. The van der Waals surface area contributed by atoms with Crippen LogP contribution in [-0.4, -0.2) is 32.6 Å². The second-order valence-corrected chi connectivity index (χ2v) is 9.08. The zero-order valence-corrected chi connectivity index (χ0v) is 24.4. The largest absolute Gasteiger partial charge is 0.508 e. The number of nitrogens with zero attached hydrogens (tertiary/aromatic N) is 3. The van der Waals surface area contributed by atoms with Crippen LogP contribution in [0.25, 0.3) is 11.4 Å². The number of hydrogen-bond donors (Lipinski definition) is 3. The number of rotatable bonds is 6.